The number of hydrogen-bond donors (Lipinski definition) is 2. The van der Waals surface area contributed by atoms with Crippen LogP contribution in [0.3, 0.4) is 0 Å². The summed E-state index contributed by atoms with van der Waals surface area (Å²) in [6.45, 7) is 5.26. The molecule has 4 heteroatoms. The number of aryl methyl sites for hydroxylation is 1. The average Bonchev–Trinajstić information content (AvgIpc) is 2.93. The molecule has 3 atom stereocenters. The first-order valence-electron chi connectivity index (χ1n) is 8.16. The molecule has 1 aliphatic heterocycles. The van der Waals surface area contributed by atoms with E-state index in [2.05, 4.69) is 28.7 Å². The van der Waals surface area contributed by atoms with E-state index in [1.54, 1.807) is 0 Å². The number of fused-ring (bicyclic) bond motifs is 2. The number of aromatic nitrogens is 1. The Labute approximate surface area is 130 Å². The van der Waals surface area contributed by atoms with E-state index < -0.39 is 5.97 Å². The van der Waals surface area contributed by atoms with Gasteiger partial charge < -0.3 is 10.1 Å². The number of likely N-dealkylation sites (tertiary alicyclic amines) is 1. The molecule has 1 saturated heterocycles. The van der Waals surface area contributed by atoms with Crippen molar-refractivity contribution in [2.24, 2.45) is 11.8 Å². The highest BCUT2D eigenvalue weighted by molar-refractivity contribution is 5.78. The number of carboxylic acid groups (broad SMARTS) is 1. The lowest BCUT2D eigenvalue weighted by Crippen LogP contribution is -2.53. The topological polar surface area (TPSA) is 56.3 Å². The van der Waals surface area contributed by atoms with Gasteiger partial charge in [0.05, 0.1) is 5.92 Å². The number of nitrogens with one attached hydrogen (secondary N) is 1. The Bertz CT molecular complexity index is 658. The van der Waals surface area contributed by atoms with Gasteiger partial charge in [-0.15, -0.1) is 6.58 Å². The monoisotopic (exact) mass is 298 g/mol. The Morgan fingerprint density at radius 3 is 3.18 bits per heavy atom. The van der Waals surface area contributed by atoms with Crippen molar-refractivity contribution in [2.75, 3.05) is 13.1 Å². The van der Waals surface area contributed by atoms with Gasteiger partial charge in [0.2, 0.25) is 0 Å². The highest BCUT2D eigenvalue weighted by Crippen LogP contribution is 2.47. The van der Waals surface area contributed by atoms with Crippen molar-refractivity contribution in [3.63, 3.8) is 0 Å². The zero-order chi connectivity index (χ0) is 15.3. The van der Waals surface area contributed by atoms with E-state index in [-0.39, 0.29) is 5.92 Å². The average molecular weight is 298 g/mol. The molecule has 116 valence electrons. The predicted octanol–water partition coefficient (Wildman–Crippen LogP) is 2.48. The summed E-state index contributed by atoms with van der Waals surface area (Å²) in [5, 5.41) is 9.52. The number of nitrogens with zero attached hydrogens (tertiary/aromatic N) is 1. The Kier molecular flexibility index (Phi) is 3.22. The summed E-state index contributed by atoms with van der Waals surface area (Å²) < 4.78 is 0. The van der Waals surface area contributed by atoms with E-state index in [1.165, 1.54) is 22.4 Å². The fourth-order valence-corrected chi connectivity index (χ4v) is 4.64. The first-order valence-corrected chi connectivity index (χ1v) is 8.16. The highest BCUT2D eigenvalue weighted by Gasteiger charge is 2.44. The molecule has 3 aliphatic rings. The first-order chi connectivity index (χ1) is 10.7. The molecule has 4 nitrogen and oxygen atoms in total. The molecule has 0 spiro atoms. The fraction of sp³-hybridized carbons (Fsp3) is 0.500. The van der Waals surface area contributed by atoms with Gasteiger partial charge in [-0.05, 0) is 36.8 Å². The van der Waals surface area contributed by atoms with E-state index >= 15 is 0 Å². The molecule has 1 aromatic rings. The lowest BCUT2D eigenvalue weighted by atomic mass is 9.68. The number of allylic oxidation sites excluding steroid dienone is 1. The zero-order valence-corrected chi connectivity index (χ0v) is 12.7. The third-order valence-corrected chi connectivity index (χ3v) is 5.56. The van der Waals surface area contributed by atoms with Crippen molar-refractivity contribution in [3.8, 4) is 0 Å². The summed E-state index contributed by atoms with van der Waals surface area (Å²) in [5.41, 5.74) is 5.55. The normalized spacial score (nSPS) is 30.2. The molecule has 4 rings (SSSR count). The molecule has 2 heterocycles. The largest absolute Gasteiger partial charge is 0.481 e. The van der Waals surface area contributed by atoms with E-state index in [4.69, 9.17) is 0 Å². The van der Waals surface area contributed by atoms with Crippen molar-refractivity contribution < 1.29 is 9.90 Å². The number of H-pyrrole nitrogens is 1. The number of carboxylic acids is 1. The fourth-order valence-electron chi connectivity index (χ4n) is 4.64. The summed E-state index contributed by atoms with van der Waals surface area (Å²) in [6.07, 6.45) is 10.3. The quantitative estimate of drug-likeness (QED) is 0.843. The molecule has 0 bridgehead atoms. The van der Waals surface area contributed by atoms with E-state index in [1.807, 2.05) is 6.08 Å². The number of hydrogen-bond acceptors (Lipinski definition) is 2. The molecule has 22 heavy (non-hydrogen) atoms. The van der Waals surface area contributed by atoms with Crippen LogP contribution in [0.1, 0.15) is 29.7 Å². The minimum atomic E-state index is -0.663. The van der Waals surface area contributed by atoms with Crippen LogP contribution in [0, 0.1) is 11.8 Å². The second kappa shape index (κ2) is 5.13. The van der Waals surface area contributed by atoms with Crippen LogP contribution in [0.5, 0.6) is 0 Å². The Morgan fingerprint density at radius 2 is 2.41 bits per heavy atom. The summed E-state index contributed by atoms with van der Waals surface area (Å²) in [5.74, 6) is -0.589. The molecular weight excluding hydrogens is 276 g/mol. The van der Waals surface area contributed by atoms with E-state index in [0.717, 1.165) is 32.2 Å². The van der Waals surface area contributed by atoms with Crippen LogP contribution in [0.25, 0.3) is 5.57 Å². The van der Waals surface area contributed by atoms with Crippen LogP contribution in [0.15, 0.2) is 24.9 Å². The van der Waals surface area contributed by atoms with Crippen LogP contribution < -0.4 is 0 Å². The van der Waals surface area contributed by atoms with Crippen molar-refractivity contribution in [1.29, 1.82) is 0 Å². The van der Waals surface area contributed by atoms with Crippen molar-refractivity contribution in [1.82, 2.24) is 9.88 Å². The van der Waals surface area contributed by atoms with Crippen LogP contribution >= 0.6 is 0 Å². The summed E-state index contributed by atoms with van der Waals surface area (Å²) in [6, 6.07) is 0.411. The minimum absolute atomic E-state index is 0.270. The van der Waals surface area contributed by atoms with Crippen molar-refractivity contribution >= 4 is 11.5 Å². The maximum absolute atomic E-state index is 11.6. The lowest BCUT2D eigenvalue weighted by Gasteiger charge is -2.47. The maximum Gasteiger partial charge on any atom is 0.307 e. The minimum Gasteiger partial charge on any atom is -0.481 e. The molecule has 0 aromatic carbocycles. The van der Waals surface area contributed by atoms with Crippen LogP contribution in [0.2, 0.25) is 0 Å². The van der Waals surface area contributed by atoms with Crippen molar-refractivity contribution in [2.45, 2.75) is 31.7 Å². The SMILES string of the molecule is C=CCN1C[C@H](C(=O)O)C[C@@H]2C3=CCCc4[nH]cc(c43)C[C@H]21. The second-order valence-electron chi connectivity index (χ2n) is 6.76. The molecule has 1 fully saturated rings. The van der Waals surface area contributed by atoms with Gasteiger partial charge in [-0.1, -0.05) is 12.2 Å². The molecule has 0 radical (unpaired) electrons. The molecule has 1 aromatic heterocycles. The third-order valence-electron chi connectivity index (χ3n) is 5.56. The van der Waals surface area contributed by atoms with Crippen molar-refractivity contribution in [3.05, 3.63) is 41.7 Å². The molecular formula is C18H22N2O2. The zero-order valence-electron chi connectivity index (χ0n) is 12.7. The Balaban J connectivity index is 1.76. The standard InChI is InChI=1S/C18H22N2O2/c1-2-6-20-10-12(18(21)22)7-14-13-4-3-5-15-17(13)11(9-19-15)8-16(14)20/h2,4,9,12,14,16,19H,1,3,5-8,10H2,(H,21,22)/t12-,14-,16-/m1/s1. The van der Waals surface area contributed by atoms with E-state index in [9.17, 15) is 9.90 Å². The van der Waals surface area contributed by atoms with E-state index in [0.29, 0.717) is 18.5 Å². The number of aliphatic carboxylic acids is 1. The summed E-state index contributed by atoms with van der Waals surface area (Å²) in [7, 11) is 0. The van der Waals surface area contributed by atoms with Gasteiger partial charge in [0.15, 0.2) is 0 Å². The number of carbonyl (C=O) groups is 1. The molecule has 2 N–H and O–H groups in total. The van der Waals surface area contributed by atoms with Gasteiger partial charge in [0, 0.05) is 42.5 Å². The van der Waals surface area contributed by atoms with Gasteiger partial charge in [-0.2, -0.15) is 0 Å². The Hall–Kier alpha value is -1.81. The molecule has 0 amide bonds. The lowest BCUT2D eigenvalue weighted by molar-refractivity contribution is -0.144. The van der Waals surface area contributed by atoms with Gasteiger partial charge in [0.25, 0.3) is 0 Å². The van der Waals surface area contributed by atoms with Gasteiger partial charge in [-0.3, -0.25) is 9.69 Å². The molecule has 2 aliphatic carbocycles. The Morgan fingerprint density at radius 1 is 1.55 bits per heavy atom. The summed E-state index contributed by atoms with van der Waals surface area (Å²) >= 11 is 0. The van der Waals surface area contributed by atoms with Crippen LogP contribution in [-0.2, 0) is 17.6 Å². The predicted molar refractivity (Wildman–Crippen MR) is 85.6 cm³/mol. The molecule has 0 saturated carbocycles. The first kappa shape index (κ1) is 13.8. The van der Waals surface area contributed by atoms with Gasteiger partial charge in [-0.25, -0.2) is 0 Å². The maximum atomic E-state index is 11.6. The smallest absolute Gasteiger partial charge is 0.307 e. The third kappa shape index (κ3) is 1.97. The van der Waals surface area contributed by atoms with Gasteiger partial charge in [0.1, 0.15) is 0 Å². The van der Waals surface area contributed by atoms with Crippen LogP contribution in [0.4, 0.5) is 0 Å². The highest BCUT2D eigenvalue weighted by atomic mass is 16.4. The number of aromatic amines is 1. The number of rotatable bonds is 3. The second-order valence-corrected chi connectivity index (χ2v) is 6.76. The summed E-state index contributed by atoms with van der Waals surface area (Å²) in [4.78, 5) is 17.3. The molecule has 0 unspecified atom stereocenters. The number of piperidine rings is 1. The van der Waals surface area contributed by atoms with Crippen LogP contribution in [-0.4, -0.2) is 40.1 Å². The van der Waals surface area contributed by atoms with Gasteiger partial charge >= 0.3 is 5.97 Å².